The first kappa shape index (κ1) is 17.5. The van der Waals surface area contributed by atoms with Crippen LogP contribution in [-0.4, -0.2) is 27.4 Å². The van der Waals surface area contributed by atoms with Gasteiger partial charge in [-0.1, -0.05) is 0 Å². The van der Waals surface area contributed by atoms with Crippen LogP contribution in [-0.2, 0) is 19.4 Å². The van der Waals surface area contributed by atoms with Crippen molar-refractivity contribution in [3.05, 3.63) is 48.0 Å². The van der Waals surface area contributed by atoms with E-state index in [-0.39, 0.29) is 32.6 Å². The molecular weight excluding hydrogens is 332 g/mol. The second kappa shape index (κ2) is 6.71. The number of nitrogen functional groups attached to an aromatic ring is 1. The summed E-state index contributed by atoms with van der Waals surface area (Å²) < 4.78 is 29.9. The van der Waals surface area contributed by atoms with E-state index in [1.807, 2.05) is 0 Å². The van der Waals surface area contributed by atoms with Gasteiger partial charge < -0.3 is 15.8 Å². The Kier molecular flexibility index (Phi) is 4.89. The van der Waals surface area contributed by atoms with Gasteiger partial charge in [0.25, 0.3) is 0 Å². The number of nitrogens with two attached hydrogens (primary N) is 1. The zero-order chi connectivity index (χ0) is 17.9. The molecular formula is C16H16N2O5S. The van der Waals surface area contributed by atoms with E-state index in [2.05, 4.69) is 10.1 Å². The largest absolute Gasteiger partial charge is 0.465 e. The molecule has 0 fully saturated rings. The SMILES string of the molecule is COC(=O)c1ccc(S(=O)(=O)c2ccc(N)c(NC(C)=O)c2)cc1. The second-order valence-corrected chi connectivity index (χ2v) is 6.90. The summed E-state index contributed by atoms with van der Waals surface area (Å²) in [4.78, 5) is 22.6. The number of hydrogen-bond donors (Lipinski definition) is 2. The monoisotopic (exact) mass is 348 g/mol. The second-order valence-electron chi connectivity index (χ2n) is 4.95. The van der Waals surface area contributed by atoms with Crippen molar-refractivity contribution in [1.82, 2.24) is 0 Å². The van der Waals surface area contributed by atoms with Gasteiger partial charge in [0.2, 0.25) is 15.7 Å². The molecule has 8 heteroatoms. The quantitative estimate of drug-likeness (QED) is 0.643. The minimum atomic E-state index is -3.82. The van der Waals surface area contributed by atoms with Crippen LogP contribution in [0, 0.1) is 0 Å². The number of sulfone groups is 1. The Morgan fingerprint density at radius 3 is 2.17 bits per heavy atom. The fraction of sp³-hybridized carbons (Fsp3) is 0.125. The van der Waals surface area contributed by atoms with E-state index >= 15 is 0 Å². The fourth-order valence-electron chi connectivity index (χ4n) is 2.02. The lowest BCUT2D eigenvalue weighted by Gasteiger charge is -2.10. The lowest BCUT2D eigenvalue weighted by molar-refractivity contribution is -0.114. The first-order valence-corrected chi connectivity index (χ1v) is 8.34. The van der Waals surface area contributed by atoms with Crippen molar-refractivity contribution >= 4 is 33.1 Å². The topological polar surface area (TPSA) is 116 Å². The van der Waals surface area contributed by atoms with Crippen LogP contribution in [0.15, 0.2) is 52.3 Å². The molecule has 0 heterocycles. The molecule has 7 nitrogen and oxygen atoms in total. The van der Waals surface area contributed by atoms with E-state index in [4.69, 9.17) is 5.73 Å². The molecule has 0 aliphatic rings. The molecule has 3 N–H and O–H groups in total. The van der Waals surface area contributed by atoms with Gasteiger partial charge in [-0.15, -0.1) is 0 Å². The highest BCUT2D eigenvalue weighted by atomic mass is 32.2. The Morgan fingerprint density at radius 1 is 1.04 bits per heavy atom. The first-order valence-electron chi connectivity index (χ1n) is 6.86. The summed E-state index contributed by atoms with van der Waals surface area (Å²) in [7, 11) is -2.58. The summed E-state index contributed by atoms with van der Waals surface area (Å²) in [6.07, 6.45) is 0. The smallest absolute Gasteiger partial charge is 0.337 e. The molecule has 0 atom stereocenters. The first-order chi connectivity index (χ1) is 11.3. The van der Waals surface area contributed by atoms with Crippen LogP contribution in [0.4, 0.5) is 11.4 Å². The van der Waals surface area contributed by atoms with Crippen LogP contribution in [0.25, 0.3) is 0 Å². The molecule has 2 rings (SSSR count). The predicted molar refractivity (Wildman–Crippen MR) is 88.4 cm³/mol. The van der Waals surface area contributed by atoms with E-state index in [1.54, 1.807) is 0 Å². The summed E-state index contributed by atoms with van der Waals surface area (Å²) >= 11 is 0. The van der Waals surface area contributed by atoms with Crippen LogP contribution in [0.3, 0.4) is 0 Å². The number of benzene rings is 2. The fourth-order valence-corrected chi connectivity index (χ4v) is 3.31. The third-order valence-electron chi connectivity index (χ3n) is 3.23. The highest BCUT2D eigenvalue weighted by Crippen LogP contribution is 2.27. The van der Waals surface area contributed by atoms with E-state index in [0.717, 1.165) is 0 Å². The molecule has 0 saturated heterocycles. The average molecular weight is 348 g/mol. The Bertz CT molecular complexity index is 889. The number of esters is 1. The Morgan fingerprint density at radius 2 is 1.62 bits per heavy atom. The summed E-state index contributed by atoms with van der Waals surface area (Å²) in [5, 5.41) is 2.48. The van der Waals surface area contributed by atoms with Crippen molar-refractivity contribution in [1.29, 1.82) is 0 Å². The zero-order valence-corrected chi connectivity index (χ0v) is 13.9. The Labute approximate surface area is 139 Å². The van der Waals surface area contributed by atoms with Gasteiger partial charge >= 0.3 is 5.97 Å². The van der Waals surface area contributed by atoms with Gasteiger partial charge in [-0.25, -0.2) is 13.2 Å². The minimum absolute atomic E-state index is 0.00806. The van der Waals surface area contributed by atoms with E-state index in [1.165, 1.54) is 56.5 Å². The molecule has 0 aromatic heterocycles. The summed E-state index contributed by atoms with van der Waals surface area (Å²) in [6, 6.07) is 9.41. The van der Waals surface area contributed by atoms with Crippen molar-refractivity contribution in [3.63, 3.8) is 0 Å². The van der Waals surface area contributed by atoms with Gasteiger partial charge in [0.15, 0.2) is 0 Å². The number of anilines is 2. The van der Waals surface area contributed by atoms with Crippen molar-refractivity contribution in [2.75, 3.05) is 18.2 Å². The molecule has 0 aliphatic carbocycles. The molecule has 1 amide bonds. The van der Waals surface area contributed by atoms with Gasteiger partial charge in [0, 0.05) is 6.92 Å². The number of amides is 1. The molecule has 0 radical (unpaired) electrons. The molecule has 2 aromatic rings. The van der Waals surface area contributed by atoms with E-state index in [0.29, 0.717) is 0 Å². The highest BCUT2D eigenvalue weighted by molar-refractivity contribution is 7.91. The van der Waals surface area contributed by atoms with Crippen molar-refractivity contribution in [2.24, 2.45) is 0 Å². The van der Waals surface area contributed by atoms with Crippen molar-refractivity contribution < 1.29 is 22.7 Å². The van der Waals surface area contributed by atoms with Gasteiger partial charge in [0.1, 0.15) is 0 Å². The number of carbonyl (C=O) groups is 2. The zero-order valence-electron chi connectivity index (χ0n) is 13.1. The van der Waals surface area contributed by atoms with Crippen LogP contribution < -0.4 is 11.1 Å². The summed E-state index contributed by atoms with van der Waals surface area (Å²) in [6.45, 7) is 1.30. The molecule has 0 spiro atoms. The number of methoxy groups -OCH3 is 1. The maximum Gasteiger partial charge on any atom is 0.337 e. The number of rotatable bonds is 4. The molecule has 0 saturated carbocycles. The maximum absolute atomic E-state index is 12.7. The van der Waals surface area contributed by atoms with Gasteiger partial charge in [-0.2, -0.15) is 0 Å². The molecule has 126 valence electrons. The normalized spacial score (nSPS) is 10.9. The number of hydrogen-bond acceptors (Lipinski definition) is 6. The van der Waals surface area contributed by atoms with Gasteiger partial charge in [-0.05, 0) is 42.5 Å². The molecule has 0 unspecified atom stereocenters. The van der Waals surface area contributed by atoms with Crippen molar-refractivity contribution in [2.45, 2.75) is 16.7 Å². The molecule has 0 bridgehead atoms. The van der Waals surface area contributed by atoms with Crippen LogP contribution in [0.1, 0.15) is 17.3 Å². The lowest BCUT2D eigenvalue weighted by Crippen LogP contribution is -2.10. The third-order valence-corrected chi connectivity index (χ3v) is 5.00. The van der Waals surface area contributed by atoms with Gasteiger partial charge in [-0.3, -0.25) is 4.79 Å². The molecule has 24 heavy (non-hydrogen) atoms. The number of nitrogens with one attached hydrogen (secondary N) is 1. The number of carbonyl (C=O) groups excluding carboxylic acids is 2. The summed E-state index contributed by atoms with van der Waals surface area (Å²) in [5.74, 6) is -0.918. The lowest BCUT2D eigenvalue weighted by atomic mass is 10.2. The van der Waals surface area contributed by atoms with E-state index in [9.17, 15) is 18.0 Å². The molecule has 0 aliphatic heterocycles. The van der Waals surface area contributed by atoms with E-state index < -0.39 is 15.8 Å². The van der Waals surface area contributed by atoms with Crippen molar-refractivity contribution in [3.8, 4) is 0 Å². The third kappa shape index (κ3) is 3.54. The van der Waals surface area contributed by atoms with Crippen LogP contribution >= 0.6 is 0 Å². The standard InChI is InChI=1S/C16H16N2O5S/c1-10(19)18-15-9-13(7-8-14(15)17)24(21,22)12-5-3-11(4-6-12)16(20)23-2/h3-9H,17H2,1-2H3,(H,18,19). The van der Waals surface area contributed by atoms with Gasteiger partial charge in [0.05, 0.1) is 33.8 Å². The van der Waals surface area contributed by atoms with Crippen LogP contribution in [0.5, 0.6) is 0 Å². The predicted octanol–water partition coefficient (Wildman–Crippen LogP) is 1.85. The number of ether oxygens (including phenoxy) is 1. The Balaban J connectivity index is 2.43. The Hall–Kier alpha value is -2.87. The highest BCUT2D eigenvalue weighted by Gasteiger charge is 2.19. The average Bonchev–Trinajstić information content (AvgIpc) is 2.55. The minimum Gasteiger partial charge on any atom is -0.465 e. The summed E-state index contributed by atoms with van der Waals surface area (Å²) in [5.41, 5.74) is 6.44. The molecule has 2 aromatic carbocycles. The van der Waals surface area contributed by atoms with Crippen LogP contribution in [0.2, 0.25) is 0 Å². The maximum atomic E-state index is 12.7.